The van der Waals surface area contributed by atoms with Crippen LogP contribution in [0.2, 0.25) is 0 Å². The fourth-order valence-electron chi connectivity index (χ4n) is 3.51. The number of hydrogen-bond acceptors (Lipinski definition) is 9. The van der Waals surface area contributed by atoms with E-state index in [1.165, 1.54) is 6.07 Å². The van der Waals surface area contributed by atoms with E-state index in [9.17, 15) is 19.2 Å². The Morgan fingerprint density at radius 1 is 0.775 bits per heavy atom. The molecule has 9 heteroatoms. The molecular weight excluding hydrogens is 514 g/mol. The molecule has 3 unspecified atom stereocenters. The second-order valence-electron chi connectivity index (χ2n) is 12.0. The van der Waals surface area contributed by atoms with Gasteiger partial charge in [-0.25, -0.2) is 0 Å². The molecule has 226 valence electrons. The van der Waals surface area contributed by atoms with Gasteiger partial charge in [0.25, 0.3) is 0 Å². The number of benzene rings is 1. The van der Waals surface area contributed by atoms with Crippen molar-refractivity contribution in [2.24, 2.45) is 23.0 Å². The molecule has 2 N–H and O–H groups in total. The molecule has 40 heavy (non-hydrogen) atoms. The SMILES string of the molecule is CCC(C)CC(=O)Oc1ccc(C[C@H](N)C(=O)O[C@@H](C)C(C)OC(=O)CC(C)(C)C)cc1OC(=O)CC(C)CC. The molecule has 1 rings (SSSR count). The molecular formula is C31H49NO8. The minimum Gasteiger partial charge on any atom is -0.459 e. The quantitative estimate of drug-likeness (QED) is 0.216. The summed E-state index contributed by atoms with van der Waals surface area (Å²) in [5, 5.41) is 0. The Morgan fingerprint density at radius 2 is 1.27 bits per heavy atom. The summed E-state index contributed by atoms with van der Waals surface area (Å²) in [5.41, 5.74) is 6.50. The van der Waals surface area contributed by atoms with Crippen LogP contribution in [0.3, 0.4) is 0 Å². The third-order valence-corrected chi connectivity index (χ3v) is 6.59. The van der Waals surface area contributed by atoms with E-state index in [-0.39, 0.29) is 60.4 Å². The van der Waals surface area contributed by atoms with Gasteiger partial charge < -0.3 is 24.7 Å². The van der Waals surface area contributed by atoms with Gasteiger partial charge in [0.1, 0.15) is 18.2 Å². The molecule has 0 saturated heterocycles. The van der Waals surface area contributed by atoms with Crippen molar-refractivity contribution in [3.05, 3.63) is 23.8 Å². The summed E-state index contributed by atoms with van der Waals surface area (Å²) in [4.78, 5) is 49.8. The molecule has 1 aromatic carbocycles. The molecule has 0 bridgehead atoms. The minimum atomic E-state index is -1.03. The van der Waals surface area contributed by atoms with Crippen LogP contribution in [0, 0.1) is 17.3 Å². The van der Waals surface area contributed by atoms with Gasteiger partial charge in [0.15, 0.2) is 11.5 Å². The molecule has 0 amide bonds. The zero-order chi connectivity index (χ0) is 30.6. The van der Waals surface area contributed by atoms with E-state index in [2.05, 4.69) is 0 Å². The topological polar surface area (TPSA) is 131 Å². The molecule has 0 radical (unpaired) electrons. The van der Waals surface area contributed by atoms with E-state index in [0.29, 0.717) is 5.56 Å². The third kappa shape index (κ3) is 13.4. The highest BCUT2D eigenvalue weighted by molar-refractivity contribution is 5.78. The highest BCUT2D eigenvalue weighted by Crippen LogP contribution is 2.31. The Kier molecular flexibility index (Phi) is 14.3. The van der Waals surface area contributed by atoms with E-state index in [1.807, 2.05) is 48.5 Å². The van der Waals surface area contributed by atoms with Gasteiger partial charge >= 0.3 is 23.9 Å². The van der Waals surface area contributed by atoms with Crippen molar-refractivity contribution < 1.29 is 38.1 Å². The summed E-state index contributed by atoms with van der Waals surface area (Å²) in [7, 11) is 0. The molecule has 0 saturated carbocycles. The summed E-state index contributed by atoms with van der Waals surface area (Å²) in [6.07, 6.45) is 1.07. The second-order valence-corrected chi connectivity index (χ2v) is 12.0. The van der Waals surface area contributed by atoms with Gasteiger partial charge in [-0.2, -0.15) is 0 Å². The summed E-state index contributed by atoms with van der Waals surface area (Å²) < 4.78 is 22.0. The van der Waals surface area contributed by atoms with Gasteiger partial charge in [0.2, 0.25) is 0 Å². The van der Waals surface area contributed by atoms with Crippen molar-refractivity contribution in [1.29, 1.82) is 0 Å². The number of hydrogen-bond donors (Lipinski definition) is 1. The van der Waals surface area contributed by atoms with Crippen molar-refractivity contribution in [2.45, 2.75) is 119 Å². The van der Waals surface area contributed by atoms with Crippen LogP contribution in [0.5, 0.6) is 11.5 Å². The Balaban J connectivity index is 2.95. The Labute approximate surface area is 239 Å². The molecule has 0 spiro atoms. The van der Waals surface area contributed by atoms with Gasteiger partial charge in [0.05, 0.1) is 6.42 Å². The highest BCUT2D eigenvalue weighted by atomic mass is 16.6. The summed E-state index contributed by atoms with van der Waals surface area (Å²) in [6, 6.07) is 3.72. The Hall–Kier alpha value is -2.94. The van der Waals surface area contributed by atoms with E-state index in [1.54, 1.807) is 26.0 Å². The zero-order valence-electron chi connectivity index (χ0n) is 25.7. The van der Waals surface area contributed by atoms with Crippen LogP contribution in [0.4, 0.5) is 0 Å². The number of rotatable bonds is 15. The maximum atomic E-state index is 12.7. The van der Waals surface area contributed by atoms with Crippen LogP contribution in [0.1, 0.15) is 100.0 Å². The molecule has 0 fully saturated rings. The Bertz CT molecular complexity index is 1000. The van der Waals surface area contributed by atoms with Crippen LogP contribution >= 0.6 is 0 Å². The lowest BCUT2D eigenvalue weighted by atomic mass is 9.92. The van der Waals surface area contributed by atoms with Crippen LogP contribution in [-0.4, -0.2) is 42.1 Å². The molecule has 9 nitrogen and oxygen atoms in total. The van der Waals surface area contributed by atoms with Crippen molar-refractivity contribution >= 4 is 23.9 Å². The first-order chi connectivity index (χ1) is 18.5. The second kappa shape index (κ2) is 16.4. The van der Waals surface area contributed by atoms with Crippen molar-refractivity contribution in [3.63, 3.8) is 0 Å². The molecule has 1 aromatic rings. The highest BCUT2D eigenvalue weighted by Gasteiger charge is 2.26. The Morgan fingerprint density at radius 3 is 1.77 bits per heavy atom. The third-order valence-electron chi connectivity index (χ3n) is 6.59. The predicted octanol–water partition coefficient (Wildman–Crippen LogP) is 5.54. The maximum absolute atomic E-state index is 12.7. The van der Waals surface area contributed by atoms with E-state index < -0.39 is 36.2 Å². The van der Waals surface area contributed by atoms with E-state index in [0.717, 1.165) is 12.8 Å². The number of ether oxygens (including phenoxy) is 4. The number of esters is 4. The normalized spacial score (nSPS) is 15.2. The van der Waals surface area contributed by atoms with Gasteiger partial charge in [-0.05, 0) is 55.2 Å². The monoisotopic (exact) mass is 563 g/mol. The van der Waals surface area contributed by atoms with Crippen LogP contribution in [-0.2, 0) is 35.1 Å². The predicted molar refractivity (Wildman–Crippen MR) is 153 cm³/mol. The molecule has 0 aromatic heterocycles. The lowest BCUT2D eigenvalue weighted by molar-refractivity contribution is -0.167. The van der Waals surface area contributed by atoms with Crippen LogP contribution in [0.15, 0.2) is 18.2 Å². The van der Waals surface area contributed by atoms with Gasteiger partial charge in [-0.3, -0.25) is 19.2 Å². The standard InChI is InChI=1S/C31H49NO8/c1-10-19(3)14-27(33)39-25-13-12-23(17-26(25)40-28(34)15-20(4)11-2)16-24(32)30(36)38-22(6)21(5)37-29(35)18-31(7,8)9/h12-13,17,19-22,24H,10-11,14-16,18,32H2,1-9H3/t19?,20?,21?,22-,24-/m0/s1. The van der Waals surface area contributed by atoms with E-state index in [4.69, 9.17) is 24.7 Å². The summed E-state index contributed by atoms with van der Waals surface area (Å²) in [6.45, 7) is 17.0. The smallest absolute Gasteiger partial charge is 0.323 e. The average Bonchev–Trinajstić information content (AvgIpc) is 2.83. The lowest BCUT2D eigenvalue weighted by Crippen LogP contribution is -2.39. The van der Waals surface area contributed by atoms with Crippen molar-refractivity contribution in [2.75, 3.05) is 0 Å². The molecule has 0 heterocycles. The fourth-order valence-corrected chi connectivity index (χ4v) is 3.51. The molecule has 0 aliphatic heterocycles. The number of carbonyl (C=O) groups excluding carboxylic acids is 4. The zero-order valence-corrected chi connectivity index (χ0v) is 25.7. The van der Waals surface area contributed by atoms with Crippen molar-refractivity contribution in [1.82, 2.24) is 0 Å². The first-order valence-electron chi connectivity index (χ1n) is 14.2. The molecule has 0 aliphatic rings. The summed E-state index contributed by atoms with van der Waals surface area (Å²) >= 11 is 0. The molecule has 5 atom stereocenters. The number of nitrogens with two attached hydrogens (primary N) is 1. The van der Waals surface area contributed by atoms with Gasteiger partial charge in [0, 0.05) is 12.8 Å². The van der Waals surface area contributed by atoms with Gasteiger partial charge in [-0.15, -0.1) is 0 Å². The van der Waals surface area contributed by atoms with E-state index >= 15 is 0 Å². The summed E-state index contributed by atoms with van der Waals surface area (Å²) in [5.74, 6) is -1.39. The average molecular weight is 564 g/mol. The van der Waals surface area contributed by atoms with Gasteiger partial charge in [-0.1, -0.05) is 67.4 Å². The largest absolute Gasteiger partial charge is 0.459 e. The first kappa shape index (κ1) is 35.1. The van der Waals surface area contributed by atoms with Crippen molar-refractivity contribution in [3.8, 4) is 11.5 Å². The maximum Gasteiger partial charge on any atom is 0.323 e. The number of carbonyl (C=O) groups is 4. The minimum absolute atomic E-state index is 0.0841. The first-order valence-corrected chi connectivity index (χ1v) is 14.2. The van der Waals surface area contributed by atoms with Crippen LogP contribution in [0.25, 0.3) is 0 Å². The lowest BCUT2D eigenvalue weighted by Gasteiger charge is -2.24. The van der Waals surface area contributed by atoms with Crippen LogP contribution < -0.4 is 15.2 Å². The fraction of sp³-hybridized carbons (Fsp3) is 0.677. The molecule has 0 aliphatic carbocycles.